The van der Waals surface area contributed by atoms with Crippen LogP contribution in [0, 0.1) is 6.92 Å². The zero-order valence-corrected chi connectivity index (χ0v) is 11.5. The summed E-state index contributed by atoms with van der Waals surface area (Å²) in [6.07, 6.45) is 1.49. The molecule has 1 aromatic heterocycles. The van der Waals surface area contributed by atoms with Crippen molar-refractivity contribution in [1.29, 1.82) is 0 Å². The summed E-state index contributed by atoms with van der Waals surface area (Å²) in [6, 6.07) is 10.1. The van der Waals surface area contributed by atoms with Crippen LogP contribution in [0.3, 0.4) is 0 Å². The van der Waals surface area contributed by atoms with Gasteiger partial charge < -0.3 is 10.8 Å². The molecule has 0 aliphatic heterocycles. The van der Waals surface area contributed by atoms with Gasteiger partial charge in [0.2, 0.25) is 0 Å². The number of carboxylic acid groups (broad SMARTS) is 1. The van der Waals surface area contributed by atoms with Gasteiger partial charge in [0, 0.05) is 6.20 Å². The summed E-state index contributed by atoms with van der Waals surface area (Å²) in [6.45, 7) is 1.26. The molecule has 0 aliphatic rings. The molecule has 6 heteroatoms. The fourth-order valence-electron chi connectivity index (χ4n) is 1.97. The van der Waals surface area contributed by atoms with Crippen LogP contribution in [0.1, 0.15) is 16.1 Å². The molecule has 0 atom stereocenters. The lowest BCUT2D eigenvalue weighted by Gasteiger charge is -2.22. The van der Waals surface area contributed by atoms with Crippen LogP contribution in [0.25, 0.3) is 0 Å². The van der Waals surface area contributed by atoms with Gasteiger partial charge in [0.05, 0.1) is 11.4 Å². The second-order valence-corrected chi connectivity index (χ2v) is 4.51. The van der Waals surface area contributed by atoms with Gasteiger partial charge in [0.15, 0.2) is 0 Å². The molecule has 2 rings (SSSR count). The van der Waals surface area contributed by atoms with E-state index in [1.807, 2.05) is 0 Å². The Labute approximate surface area is 121 Å². The Hall–Kier alpha value is -2.89. The van der Waals surface area contributed by atoms with Gasteiger partial charge in [-0.15, -0.1) is 0 Å². The Balaban J connectivity index is 2.46. The molecule has 1 aromatic carbocycles. The molecular formula is C15H15N3O3. The molecule has 0 saturated carbocycles. The molecule has 0 fully saturated rings. The first kappa shape index (κ1) is 14.5. The molecule has 21 heavy (non-hydrogen) atoms. The highest BCUT2D eigenvalue weighted by Crippen LogP contribution is 2.24. The molecule has 2 aromatic rings. The molecule has 0 spiro atoms. The molecule has 1 amide bonds. The lowest BCUT2D eigenvalue weighted by atomic mass is 10.1. The third kappa shape index (κ3) is 3.17. The molecule has 0 unspecified atom stereocenters. The average Bonchev–Trinajstić information content (AvgIpc) is 2.45. The van der Waals surface area contributed by atoms with Gasteiger partial charge in [-0.1, -0.05) is 18.2 Å². The lowest BCUT2D eigenvalue weighted by Crippen LogP contribution is -2.37. The Kier molecular flexibility index (Phi) is 4.18. The molecule has 6 nitrogen and oxygen atoms in total. The van der Waals surface area contributed by atoms with Crippen LogP contribution in [0.2, 0.25) is 0 Å². The number of rotatable bonds is 4. The van der Waals surface area contributed by atoms with Gasteiger partial charge >= 0.3 is 5.97 Å². The zero-order chi connectivity index (χ0) is 15.4. The second-order valence-electron chi connectivity index (χ2n) is 4.51. The summed E-state index contributed by atoms with van der Waals surface area (Å²) in [4.78, 5) is 28.8. The predicted octanol–water partition coefficient (Wildman–Crippen LogP) is 1.70. The molecule has 0 aliphatic carbocycles. The minimum Gasteiger partial charge on any atom is -0.480 e. The van der Waals surface area contributed by atoms with Gasteiger partial charge in [0.25, 0.3) is 5.91 Å². The number of benzene rings is 1. The average molecular weight is 285 g/mol. The number of carbonyl (C=O) groups excluding carboxylic acids is 1. The van der Waals surface area contributed by atoms with Gasteiger partial charge in [0.1, 0.15) is 12.2 Å². The summed E-state index contributed by atoms with van der Waals surface area (Å²) in [7, 11) is 0. The summed E-state index contributed by atoms with van der Waals surface area (Å²) < 4.78 is 0. The SMILES string of the molecule is Cc1cccnc1C(=O)N(CC(=O)O)c1ccccc1N. The summed E-state index contributed by atoms with van der Waals surface area (Å²) >= 11 is 0. The maximum absolute atomic E-state index is 12.6. The van der Waals surface area contributed by atoms with Crippen LogP contribution in [0.5, 0.6) is 0 Å². The van der Waals surface area contributed by atoms with E-state index in [4.69, 9.17) is 10.8 Å². The number of aryl methyl sites for hydroxylation is 1. The lowest BCUT2D eigenvalue weighted by molar-refractivity contribution is -0.135. The number of hydrogen-bond donors (Lipinski definition) is 2. The van der Waals surface area contributed by atoms with E-state index in [1.165, 1.54) is 6.20 Å². The van der Waals surface area contributed by atoms with Gasteiger partial charge in [-0.2, -0.15) is 0 Å². The largest absolute Gasteiger partial charge is 0.480 e. The van der Waals surface area contributed by atoms with E-state index < -0.39 is 18.4 Å². The highest BCUT2D eigenvalue weighted by Gasteiger charge is 2.24. The number of amides is 1. The van der Waals surface area contributed by atoms with Gasteiger partial charge in [-0.3, -0.25) is 19.5 Å². The van der Waals surface area contributed by atoms with Crippen molar-refractivity contribution < 1.29 is 14.7 Å². The van der Waals surface area contributed by atoms with Crippen molar-refractivity contribution in [3.63, 3.8) is 0 Å². The number of nitrogens with two attached hydrogens (primary N) is 1. The van der Waals surface area contributed by atoms with E-state index >= 15 is 0 Å². The maximum Gasteiger partial charge on any atom is 0.323 e. The van der Waals surface area contributed by atoms with E-state index in [2.05, 4.69) is 4.98 Å². The first-order valence-corrected chi connectivity index (χ1v) is 6.30. The minimum atomic E-state index is -1.12. The monoisotopic (exact) mass is 285 g/mol. The van der Waals surface area contributed by atoms with Crippen molar-refractivity contribution >= 4 is 23.3 Å². The fraction of sp³-hybridized carbons (Fsp3) is 0.133. The summed E-state index contributed by atoms with van der Waals surface area (Å²) in [5.41, 5.74) is 7.42. The third-order valence-corrected chi connectivity index (χ3v) is 2.98. The van der Waals surface area contributed by atoms with E-state index in [-0.39, 0.29) is 5.69 Å². The third-order valence-electron chi connectivity index (χ3n) is 2.98. The molecule has 0 bridgehead atoms. The van der Waals surface area contributed by atoms with Crippen molar-refractivity contribution in [2.24, 2.45) is 0 Å². The predicted molar refractivity (Wildman–Crippen MR) is 79.1 cm³/mol. The topological polar surface area (TPSA) is 96.5 Å². The van der Waals surface area contributed by atoms with E-state index in [1.54, 1.807) is 43.3 Å². The summed E-state index contributed by atoms with van der Waals surface area (Å²) in [5, 5.41) is 9.05. The highest BCUT2D eigenvalue weighted by atomic mass is 16.4. The second kappa shape index (κ2) is 6.04. The quantitative estimate of drug-likeness (QED) is 0.833. The van der Waals surface area contributed by atoms with E-state index in [9.17, 15) is 9.59 Å². The first-order chi connectivity index (χ1) is 10.0. The number of carbonyl (C=O) groups is 2. The number of aromatic nitrogens is 1. The van der Waals surface area contributed by atoms with E-state index in [0.29, 0.717) is 16.9 Å². The number of aliphatic carboxylic acids is 1. The molecule has 3 N–H and O–H groups in total. The number of hydrogen-bond acceptors (Lipinski definition) is 4. The van der Waals surface area contributed by atoms with Crippen molar-refractivity contribution in [1.82, 2.24) is 4.98 Å². The number of pyridine rings is 1. The highest BCUT2D eigenvalue weighted by molar-refractivity contribution is 6.09. The number of para-hydroxylation sites is 2. The van der Waals surface area contributed by atoms with Gasteiger partial charge in [-0.05, 0) is 30.7 Å². The first-order valence-electron chi connectivity index (χ1n) is 6.30. The van der Waals surface area contributed by atoms with Crippen LogP contribution < -0.4 is 10.6 Å². The minimum absolute atomic E-state index is 0.210. The molecular weight excluding hydrogens is 270 g/mol. The van der Waals surface area contributed by atoms with Crippen molar-refractivity contribution in [2.75, 3.05) is 17.2 Å². The zero-order valence-electron chi connectivity index (χ0n) is 11.5. The van der Waals surface area contributed by atoms with Gasteiger partial charge in [-0.25, -0.2) is 0 Å². The van der Waals surface area contributed by atoms with Crippen LogP contribution >= 0.6 is 0 Å². The number of carboxylic acids is 1. The Morgan fingerprint density at radius 3 is 2.57 bits per heavy atom. The Bertz CT molecular complexity index is 685. The Morgan fingerprint density at radius 1 is 1.24 bits per heavy atom. The number of nitrogens with zero attached hydrogens (tertiary/aromatic N) is 2. The molecule has 0 saturated heterocycles. The standard InChI is InChI=1S/C15H15N3O3/c1-10-5-4-8-17-14(10)15(21)18(9-13(19)20)12-7-3-2-6-11(12)16/h2-8H,9,16H2,1H3,(H,19,20). The van der Waals surface area contributed by atoms with Crippen LogP contribution in [-0.4, -0.2) is 28.5 Å². The van der Waals surface area contributed by atoms with Crippen LogP contribution in [0.4, 0.5) is 11.4 Å². The van der Waals surface area contributed by atoms with E-state index in [0.717, 1.165) is 4.90 Å². The molecule has 108 valence electrons. The molecule has 1 heterocycles. The van der Waals surface area contributed by atoms with Crippen LogP contribution in [0.15, 0.2) is 42.6 Å². The van der Waals surface area contributed by atoms with Crippen molar-refractivity contribution in [3.8, 4) is 0 Å². The van der Waals surface area contributed by atoms with Crippen LogP contribution in [-0.2, 0) is 4.79 Å². The number of nitrogen functional groups attached to an aromatic ring is 1. The van der Waals surface area contributed by atoms with Crippen molar-refractivity contribution in [3.05, 3.63) is 53.9 Å². The fourth-order valence-corrected chi connectivity index (χ4v) is 1.97. The summed E-state index contributed by atoms with van der Waals surface area (Å²) in [5.74, 6) is -1.62. The van der Waals surface area contributed by atoms with Crippen molar-refractivity contribution in [2.45, 2.75) is 6.92 Å². The molecule has 0 radical (unpaired) electrons. The smallest absolute Gasteiger partial charge is 0.323 e. The Morgan fingerprint density at radius 2 is 1.95 bits per heavy atom. The maximum atomic E-state index is 12.6. The normalized spacial score (nSPS) is 10.1. The number of anilines is 2.